The molecule has 3 nitrogen and oxygen atoms in total. The van der Waals surface area contributed by atoms with Gasteiger partial charge in [0.15, 0.2) is 0 Å². The van der Waals surface area contributed by atoms with Crippen molar-refractivity contribution in [3.8, 4) is 0 Å². The van der Waals surface area contributed by atoms with Crippen molar-refractivity contribution in [1.82, 2.24) is 9.34 Å². The van der Waals surface area contributed by atoms with Gasteiger partial charge in [0.25, 0.3) is 0 Å². The number of rotatable bonds is 0. The topological polar surface area (TPSA) is 23.6 Å². The van der Waals surface area contributed by atoms with Crippen LogP contribution < -0.4 is 0 Å². The zero-order valence-electron chi connectivity index (χ0n) is 7.10. The van der Waals surface area contributed by atoms with Gasteiger partial charge in [-0.2, -0.15) is 0 Å². The van der Waals surface area contributed by atoms with Crippen LogP contribution >= 0.6 is 18.8 Å². The Bertz CT molecular complexity index is 223. The van der Waals surface area contributed by atoms with Crippen LogP contribution in [0.25, 0.3) is 0 Å². The lowest BCUT2D eigenvalue weighted by Gasteiger charge is -2.20. The third-order valence-corrected chi connectivity index (χ3v) is 4.17. The van der Waals surface area contributed by atoms with Gasteiger partial charge in [-0.05, 0) is 16.3 Å². The Morgan fingerprint density at radius 1 is 1.42 bits per heavy atom. The average molecular weight is 204 g/mol. The van der Waals surface area contributed by atoms with E-state index in [0.29, 0.717) is 17.9 Å². The number of carbonyl (C=O) groups is 1. The largest absolute Gasteiger partial charge is 0.324 e. The van der Waals surface area contributed by atoms with E-state index in [9.17, 15) is 4.79 Å². The Labute approximate surface area is 77.4 Å². The first-order valence-electron chi connectivity index (χ1n) is 4.18. The van der Waals surface area contributed by atoms with Gasteiger partial charge in [0, 0.05) is 25.0 Å². The van der Waals surface area contributed by atoms with E-state index in [1.54, 1.807) is 0 Å². The summed E-state index contributed by atoms with van der Waals surface area (Å²) < 4.78 is 3.98. The lowest BCUT2D eigenvalue weighted by molar-refractivity contribution is -0.127. The molecule has 2 unspecified atom stereocenters. The minimum atomic E-state index is 0.245. The third-order valence-electron chi connectivity index (χ3n) is 3.02. The Hall–Kier alpha value is 0.290. The van der Waals surface area contributed by atoms with Gasteiger partial charge in [0.05, 0.1) is 5.92 Å². The molecule has 0 spiro atoms. The number of amides is 1. The maximum absolute atomic E-state index is 11.6. The summed E-state index contributed by atoms with van der Waals surface area (Å²) in [5, 5.41) is 0. The van der Waals surface area contributed by atoms with Crippen molar-refractivity contribution in [2.24, 2.45) is 11.8 Å². The summed E-state index contributed by atoms with van der Waals surface area (Å²) in [6.45, 7) is 4.07. The minimum Gasteiger partial charge on any atom is -0.324 e. The molecule has 5 atom stereocenters. The Balaban J connectivity index is 2.21. The maximum atomic E-state index is 11.6. The smallest absolute Gasteiger partial charge is 0.230 e. The molecule has 0 radical (unpaired) electrons. The monoisotopic (exact) mass is 204 g/mol. The quantitative estimate of drug-likeness (QED) is 0.531. The van der Waals surface area contributed by atoms with Gasteiger partial charge in [-0.25, -0.2) is 0 Å². The molecule has 0 aromatic carbocycles. The second-order valence-corrected chi connectivity index (χ2v) is 5.00. The Kier molecular flexibility index (Phi) is 2.15. The molecule has 68 valence electrons. The van der Waals surface area contributed by atoms with Crippen LogP contribution in [0.15, 0.2) is 0 Å². The van der Waals surface area contributed by atoms with E-state index in [-0.39, 0.29) is 5.92 Å². The first kappa shape index (κ1) is 8.87. The fraction of sp³-hybridized carbons (Fsp3) is 0.857. The van der Waals surface area contributed by atoms with E-state index in [2.05, 4.69) is 30.4 Å². The second kappa shape index (κ2) is 2.90. The fourth-order valence-electron chi connectivity index (χ4n) is 2.21. The molecule has 2 rings (SSSR count). The van der Waals surface area contributed by atoms with Crippen molar-refractivity contribution < 1.29 is 4.79 Å². The first-order chi connectivity index (χ1) is 5.61. The zero-order valence-corrected chi connectivity index (χ0v) is 9.41. The van der Waals surface area contributed by atoms with Gasteiger partial charge < -0.3 is 4.67 Å². The number of nitrogens with zero attached hydrogens (tertiary/aromatic N) is 2. The highest BCUT2D eigenvalue weighted by Gasteiger charge is 2.48. The summed E-state index contributed by atoms with van der Waals surface area (Å²) in [5.74, 6) is 1.07. The zero-order chi connectivity index (χ0) is 8.88. The molecule has 0 bridgehead atoms. The van der Waals surface area contributed by atoms with Gasteiger partial charge in [-0.15, -0.1) is 0 Å². The predicted molar refractivity (Wildman–Crippen MR) is 54.3 cm³/mol. The summed E-state index contributed by atoms with van der Waals surface area (Å²) in [5.41, 5.74) is 0. The van der Waals surface area contributed by atoms with Gasteiger partial charge in [-0.1, -0.05) is 9.39 Å². The van der Waals surface area contributed by atoms with Crippen LogP contribution in [0.3, 0.4) is 0 Å². The molecular formula is C7H14N2OP2. The molecule has 0 N–H and O–H groups in total. The molecule has 2 aliphatic rings. The molecule has 2 heterocycles. The van der Waals surface area contributed by atoms with Crippen molar-refractivity contribution in [3.63, 3.8) is 0 Å². The van der Waals surface area contributed by atoms with Crippen LogP contribution in [0.2, 0.25) is 0 Å². The van der Waals surface area contributed by atoms with Crippen molar-refractivity contribution in [2.45, 2.75) is 13.0 Å². The Morgan fingerprint density at radius 3 is 2.67 bits per heavy atom. The molecule has 0 aliphatic carbocycles. The highest BCUT2D eigenvalue weighted by molar-refractivity contribution is 7.14. The molecule has 12 heavy (non-hydrogen) atoms. The molecule has 1 amide bonds. The molecule has 2 aliphatic heterocycles. The summed E-state index contributed by atoms with van der Waals surface area (Å²) in [6, 6.07) is 0.387. The lowest BCUT2D eigenvalue weighted by Crippen LogP contribution is -2.27. The van der Waals surface area contributed by atoms with E-state index in [1.165, 1.54) is 0 Å². The molecule has 2 fully saturated rings. The third kappa shape index (κ3) is 1.11. The second-order valence-electron chi connectivity index (χ2n) is 3.71. The molecular weight excluding hydrogens is 190 g/mol. The van der Waals surface area contributed by atoms with Gasteiger partial charge in [0.2, 0.25) is 5.91 Å². The minimum absolute atomic E-state index is 0.245. The van der Waals surface area contributed by atoms with Crippen LogP contribution in [0.5, 0.6) is 0 Å². The van der Waals surface area contributed by atoms with Crippen molar-refractivity contribution in [1.29, 1.82) is 0 Å². The highest BCUT2D eigenvalue weighted by atomic mass is 31.0. The number of hydrogen-bond acceptors (Lipinski definition) is 2. The predicted octanol–water partition coefficient (Wildman–Crippen LogP) is 0.345. The lowest BCUT2D eigenvalue weighted by atomic mass is 9.95. The van der Waals surface area contributed by atoms with E-state index >= 15 is 0 Å². The van der Waals surface area contributed by atoms with Crippen LogP contribution in [0, 0.1) is 11.8 Å². The maximum Gasteiger partial charge on any atom is 0.230 e. The first-order valence-corrected chi connectivity index (χ1v) is 5.22. The number of fused-ring (bicyclic) bond motifs is 1. The van der Waals surface area contributed by atoms with Crippen molar-refractivity contribution in [2.75, 3.05) is 13.1 Å². The molecule has 5 heteroatoms. The molecule has 2 saturated heterocycles. The molecule has 0 saturated carbocycles. The summed E-state index contributed by atoms with van der Waals surface area (Å²) in [6.07, 6.45) is 0. The number of carbonyl (C=O) groups excluding carboxylic acids is 1. The van der Waals surface area contributed by atoms with Gasteiger partial charge in [-0.3, -0.25) is 9.46 Å². The van der Waals surface area contributed by atoms with E-state index in [0.717, 1.165) is 13.1 Å². The summed E-state index contributed by atoms with van der Waals surface area (Å²) >= 11 is 0. The van der Waals surface area contributed by atoms with Gasteiger partial charge in [0.1, 0.15) is 0 Å². The SMILES string of the molecule is C[C@H]1[C@@H]2CN(P)C[C@@H]2C(=O)N1P. The standard InChI is InChI=1S/C7H14N2OP2/c1-4-5-2-8(11)3-6(5)7(10)9(4)12/h4-6H,2-3,11-12H2,1H3/t4-,5-,6-/m0/s1. The van der Waals surface area contributed by atoms with Crippen LogP contribution in [0.4, 0.5) is 0 Å². The van der Waals surface area contributed by atoms with E-state index in [4.69, 9.17) is 0 Å². The van der Waals surface area contributed by atoms with Gasteiger partial charge >= 0.3 is 0 Å². The number of hydrogen-bond donors (Lipinski definition) is 0. The average Bonchev–Trinajstić information content (AvgIpc) is 2.49. The van der Waals surface area contributed by atoms with Crippen molar-refractivity contribution >= 4 is 24.7 Å². The summed E-state index contributed by atoms with van der Waals surface area (Å²) in [4.78, 5) is 11.6. The molecule has 0 aromatic heterocycles. The molecule has 0 aromatic rings. The van der Waals surface area contributed by atoms with E-state index < -0.39 is 0 Å². The van der Waals surface area contributed by atoms with Crippen LogP contribution in [0.1, 0.15) is 6.92 Å². The Morgan fingerprint density at radius 2 is 2.08 bits per heavy atom. The van der Waals surface area contributed by atoms with Crippen molar-refractivity contribution in [3.05, 3.63) is 0 Å². The normalized spacial score (nSPS) is 42.4. The fourth-order valence-corrected chi connectivity index (χ4v) is 3.09. The summed E-state index contributed by atoms with van der Waals surface area (Å²) in [7, 11) is 5.21. The van der Waals surface area contributed by atoms with Crippen LogP contribution in [-0.4, -0.2) is 34.4 Å². The highest BCUT2D eigenvalue weighted by Crippen LogP contribution is 2.39. The van der Waals surface area contributed by atoms with E-state index in [1.807, 2.05) is 4.67 Å². The van der Waals surface area contributed by atoms with Crippen LogP contribution in [-0.2, 0) is 4.79 Å².